The van der Waals surface area contributed by atoms with E-state index in [0.717, 1.165) is 65.9 Å². The van der Waals surface area contributed by atoms with Crippen LogP contribution in [0.25, 0.3) is 11.8 Å². The number of nitrogens with zero attached hydrogens (tertiary/aromatic N) is 3. The van der Waals surface area contributed by atoms with Crippen LogP contribution >= 0.6 is 0 Å². The molecule has 1 aromatic heterocycles. The quantitative estimate of drug-likeness (QED) is 0.381. The summed E-state index contributed by atoms with van der Waals surface area (Å²) < 4.78 is 20.9. The van der Waals surface area contributed by atoms with Crippen LogP contribution in [0, 0.1) is 12.7 Å². The molecule has 0 aliphatic carbocycles. The highest BCUT2D eigenvalue weighted by Gasteiger charge is 2.31. The maximum Gasteiger partial charge on any atom is 0.250 e. The monoisotopic (exact) mass is 461 g/mol. The summed E-state index contributed by atoms with van der Waals surface area (Å²) in [6.07, 6.45) is 10.5. The highest BCUT2D eigenvalue weighted by molar-refractivity contribution is 5.98. The van der Waals surface area contributed by atoms with Gasteiger partial charge in [0, 0.05) is 24.4 Å². The first-order valence-electron chi connectivity index (χ1n) is 11.9. The van der Waals surface area contributed by atoms with Gasteiger partial charge in [-0.05, 0) is 67.7 Å². The zero-order valence-electron chi connectivity index (χ0n) is 20.1. The fourth-order valence-corrected chi connectivity index (χ4v) is 4.55. The number of methoxy groups -OCH3 is 1. The number of amides is 1. The molecule has 2 aromatic carbocycles. The minimum Gasteiger partial charge on any atom is -0.495 e. The molecule has 0 radical (unpaired) electrons. The number of carbonyl (C=O) groups is 1. The van der Waals surface area contributed by atoms with Crippen LogP contribution in [0.15, 0.2) is 60.6 Å². The van der Waals surface area contributed by atoms with E-state index in [4.69, 9.17) is 4.74 Å². The van der Waals surface area contributed by atoms with Gasteiger partial charge in [0.2, 0.25) is 5.91 Å². The topological polar surface area (TPSA) is 47.4 Å². The lowest BCUT2D eigenvalue weighted by atomic mass is 9.91. The van der Waals surface area contributed by atoms with Gasteiger partial charge in [0.05, 0.1) is 24.8 Å². The number of unbranched alkanes of at least 4 members (excludes halogenated alkanes) is 1. The summed E-state index contributed by atoms with van der Waals surface area (Å²) in [5.41, 5.74) is 4.49. The molecule has 0 bridgehead atoms. The van der Waals surface area contributed by atoms with E-state index in [-0.39, 0.29) is 17.8 Å². The Hall–Kier alpha value is -3.41. The van der Waals surface area contributed by atoms with E-state index < -0.39 is 0 Å². The Balaban J connectivity index is 1.60. The van der Waals surface area contributed by atoms with Crippen molar-refractivity contribution in [3.8, 4) is 11.4 Å². The Morgan fingerprint density at radius 3 is 2.68 bits per heavy atom. The molecule has 0 N–H and O–H groups in total. The van der Waals surface area contributed by atoms with Crippen molar-refractivity contribution in [1.29, 1.82) is 0 Å². The summed E-state index contributed by atoms with van der Waals surface area (Å²) in [4.78, 5) is 19.8. The van der Waals surface area contributed by atoms with Gasteiger partial charge in [-0.1, -0.05) is 38.0 Å². The van der Waals surface area contributed by atoms with Crippen molar-refractivity contribution >= 4 is 12.0 Å². The number of imidazole rings is 1. The minimum absolute atomic E-state index is 0.0601. The Bertz CT molecular complexity index is 1170. The van der Waals surface area contributed by atoms with E-state index in [1.807, 2.05) is 46.9 Å². The molecule has 178 valence electrons. The molecule has 1 fully saturated rings. The second-order valence-electron chi connectivity index (χ2n) is 8.92. The van der Waals surface area contributed by atoms with Crippen molar-refractivity contribution in [2.24, 2.45) is 0 Å². The number of carbonyl (C=O) groups excluding carboxylic acids is 1. The summed E-state index contributed by atoms with van der Waals surface area (Å²) in [5.74, 6) is 0.518. The zero-order valence-corrected chi connectivity index (χ0v) is 20.1. The third kappa shape index (κ3) is 5.38. The molecular weight excluding hydrogens is 429 g/mol. The number of ether oxygens (including phenoxy) is 1. The molecule has 2 heterocycles. The number of aryl methyl sites for hydroxylation is 1. The molecular formula is C28H32FN3O2. The molecule has 4 rings (SSSR count). The van der Waals surface area contributed by atoms with E-state index >= 15 is 0 Å². The number of hydrogen-bond donors (Lipinski definition) is 0. The second kappa shape index (κ2) is 10.7. The minimum atomic E-state index is -0.264. The number of hydrogen-bond acceptors (Lipinski definition) is 3. The molecule has 3 aromatic rings. The first-order chi connectivity index (χ1) is 16.5. The average molecular weight is 462 g/mol. The van der Waals surface area contributed by atoms with Gasteiger partial charge in [0.15, 0.2) is 0 Å². The van der Waals surface area contributed by atoms with Crippen LogP contribution in [0.3, 0.4) is 0 Å². The molecule has 1 saturated heterocycles. The Morgan fingerprint density at radius 2 is 2.00 bits per heavy atom. The van der Waals surface area contributed by atoms with Crippen molar-refractivity contribution in [3.63, 3.8) is 0 Å². The highest BCUT2D eigenvalue weighted by atomic mass is 19.1. The number of aromatic nitrogens is 2. The van der Waals surface area contributed by atoms with Crippen LogP contribution in [-0.4, -0.2) is 33.5 Å². The van der Waals surface area contributed by atoms with Crippen molar-refractivity contribution in [3.05, 3.63) is 83.2 Å². The smallest absolute Gasteiger partial charge is 0.250 e. The number of halogens is 1. The van der Waals surface area contributed by atoms with E-state index in [9.17, 15) is 9.18 Å². The molecule has 0 unspecified atom stereocenters. The van der Waals surface area contributed by atoms with Gasteiger partial charge in [-0.15, -0.1) is 0 Å². The number of likely N-dealkylation sites (tertiary alicyclic amines) is 1. The number of rotatable bonds is 8. The van der Waals surface area contributed by atoms with Gasteiger partial charge in [-0.3, -0.25) is 4.79 Å². The fraction of sp³-hybridized carbons (Fsp3) is 0.357. The molecule has 34 heavy (non-hydrogen) atoms. The van der Waals surface area contributed by atoms with Crippen LogP contribution in [0.5, 0.6) is 5.75 Å². The van der Waals surface area contributed by atoms with Crippen LogP contribution in [-0.2, 0) is 11.3 Å². The fourth-order valence-electron chi connectivity index (χ4n) is 4.55. The van der Waals surface area contributed by atoms with Crippen molar-refractivity contribution in [2.75, 3.05) is 7.11 Å². The third-order valence-corrected chi connectivity index (χ3v) is 6.41. The van der Waals surface area contributed by atoms with Gasteiger partial charge in [-0.2, -0.15) is 0 Å². The van der Waals surface area contributed by atoms with Crippen molar-refractivity contribution in [2.45, 2.75) is 58.5 Å². The molecule has 0 saturated carbocycles. The van der Waals surface area contributed by atoms with Gasteiger partial charge in [-0.25, -0.2) is 9.37 Å². The Morgan fingerprint density at radius 1 is 1.21 bits per heavy atom. The lowest BCUT2D eigenvalue weighted by Crippen LogP contribution is -2.44. The first kappa shape index (κ1) is 23.7. The van der Waals surface area contributed by atoms with Crippen LogP contribution < -0.4 is 4.74 Å². The van der Waals surface area contributed by atoms with Gasteiger partial charge in [0.1, 0.15) is 11.6 Å². The van der Waals surface area contributed by atoms with Crippen LogP contribution in [0.2, 0.25) is 0 Å². The van der Waals surface area contributed by atoms with E-state index in [1.54, 1.807) is 25.6 Å². The SMILES string of the molecule is CCCC[C@H]1CC/C(=C\c2ccc(-n3cnc(C)c3)c(OC)c2)C(=O)N1Cc1ccc(F)cc1. The summed E-state index contributed by atoms with van der Waals surface area (Å²) in [5, 5.41) is 0. The Labute approximate surface area is 200 Å². The molecule has 0 spiro atoms. The van der Waals surface area contributed by atoms with E-state index in [0.29, 0.717) is 6.54 Å². The standard InChI is InChI=1S/C28H32FN3O2/c1-4-5-6-25-13-10-23(28(33)32(25)18-21-7-11-24(29)12-8-21)15-22-9-14-26(27(16-22)34-3)31-17-20(2)30-19-31/h7-9,11-12,14-17,19,25H,4-6,10,13,18H2,1-3H3/b23-15+/t25-/m0/s1. The van der Waals surface area contributed by atoms with Gasteiger partial charge in [0.25, 0.3) is 0 Å². The van der Waals surface area contributed by atoms with Crippen LogP contribution in [0.1, 0.15) is 55.8 Å². The number of benzene rings is 2. The normalized spacial score (nSPS) is 17.4. The highest BCUT2D eigenvalue weighted by Crippen LogP contribution is 2.31. The lowest BCUT2D eigenvalue weighted by molar-refractivity contribution is -0.132. The predicted octanol–water partition coefficient (Wildman–Crippen LogP) is 6.09. The second-order valence-corrected chi connectivity index (χ2v) is 8.92. The predicted molar refractivity (Wildman–Crippen MR) is 132 cm³/mol. The largest absolute Gasteiger partial charge is 0.495 e. The zero-order chi connectivity index (χ0) is 24.1. The van der Waals surface area contributed by atoms with Crippen LogP contribution in [0.4, 0.5) is 4.39 Å². The molecule has 1 aliphatic heterocycles. The molecule has 1 aliphatic rings. The van der Waals surface area contributed by atoms with Gasteiger partial charge < -0.3 is 14.2 Å². The molecule has 6 heteroatoms. The summed E-state index contributed by atoms with van der Waals surface area (Å²) in [6, 6.07) is 12.6. The molecule has 1 amide bonds. The van der Waals surface area contributed by atoms with Gasteiger partial charge >= 0.3 is 0 Å². The molecule has 5 nitrogen and oxygen atoms in total. The average Bonchev–Trinajstić information content (AvgIpc) is 3.28. The number of piperidine rings is 1. The molecule has 1 atom stereocenters. The maximum absolute atomic E-state index is 13.6. The Kier molecular flexibility index (Phi) is 7.46. The van der Waals surface area contributed by atoms with Crippen molar-refractivity contribution < 1.29 is 13.9 Å². The van der Waals surface area contributed by atoms with E-state index in [2.05, 4.69) is 11.9 Å². The first-order valence-corrected chi connectivity index (χ1v) is 11.9. The summed E-state index contributed by atoms with van der Waals surface area (Å²) in [7, 11) is 1.65. The summed E-state index contributed by atoms with van der Waals surface area (Å²) >= 11 is 0. The lowest BCUT2D eigenvalue weighted by Gasteiger charge is -2.37. The van der Waals surface area contributed by atoms with Crippen molar-refractivity contribution in [1.82, 2.24) is 14.5 Å². The maximum atomic E-state index is 13.6. The summed E-state index contributed by atoms with van der Waals surface area (Å²) in [6.45, 7) is 4.61. The van der Waals surface area contributed by atoms with E-state index in [1.165, 1.54) is 12.1 Å². The third-order valence-electron chi connectivity index (χ3n) is 6.41.